The summed E-state index contributed by atoms with van der Waals surface area (Å²) in [7, 11) is 3.56. The molecule has 2 saturated heterocycles. The van der Waals surface area contributed by atoms with Crippen LogP contribution in [-0.2, 0) is 11.2 Å². The molecule has 3 rings (SSSR count). The van der Waals surface area contributed by atoms with Crippen LogP contribution in [0.4, 0.5) is 0 Å². The number of ether oxygens (including phenoxy) is 3. The number of aliphatic imine (C=N–C) groups is 1. The fraction of sp³-hybridized carbons (Fsp3) is 0.696. The Kier molecular flexibility index (Phi) is 11.7. The molecule has 0 radical (unpaired) electrons. The summed E-state index contributed by atoms with van der Waals surface area (Å²) in [6.45, 7) is 10.8. The zero-order chi connectivity index (χ0) is 21.2. The standard InChI is InChI=1S/C23H38N4O3.HI/c1-4-30-22-16-19(7-8-21(22)28-3)6-5-10-25-23(24-2)27-11-9-20(18-27)17-26-12-14-29-15-13-26;/h7-8,16,20H,4-6,9-15,17-18H2,1-3H3,(H,24,25);1H. The fourth-order valence-electron chi connectivity index (χ4n) is 4.29. The van der Waals surface area contributed by atoms with Crippen LogP contribution in [0.25, 0.3) is 0 Å². The average Bonchev–Trinajstić information content (AvgIpc) is 3.23. The summed E-state index contributed by atoms with van der Waals surface area (Å²) in [6, 6.07) is 6.20. The molecule has 1 unspecified atom stereocenters. The highest BCUT2D eigenvalue weighted by atomic mass is 127. The Morgan fingerprint density at radius 3 is 2.74 bits per heavy atom. The highest BCUT2D eigenvalue weighted by molar-refractivity contribution is 14.0. The Morgan fingerprint density at radius 1 is 1.23 bits per heavy atom. The minimum absolute atomic E-state index is 0. The first-order valence-electron chi connectivity index (χ1n) is 11.3. The van der Waals surface area contributed by atoms with Crippen LogP contribution in [0.1, 0.15) is 25.3 Å². The Hall–Kier alpha value is -1.26. The molecule has 0 aliphatic carbocycles. The van der Waals surface area contributed by atoms with Crippen molar-refractivity contribution in [3.63, 3.8) is 0 Å². The van der Waals surface area contributed by atoms with Gasteiger partial charge in [-0.05, 0) is 49.8 Å². The predicted octanol–water partition coefficient (Wildman–Crippen LogP) is 2.87. The number of rotatable bonds is 9. The molecule has 0 bridgehead atoms. The fourth-order valence-corrected chi connectivity index (χ4v) is 4.29. The van der Waals surface area contributed by atoms with Crippen molar-refractivity contribution in [2.24, 2.45) is 10.9 Å². The maximum atomic E-state index is 5.69. The molecule has 2 heterocycles. The van der Waals surface area contributed by atoms with Crippen LogP contribution >= 0.6 is 24.0 Å². The lowest BCUT2D eigenvalue weighted by molar-refractivity contribution is 0.0315. The van der Waals surface area contributed by atoms with Gasteiger partial charge in [-0.2, -0.15) is 0 Å². The van der Waals surface area contributed by atoms with E-state index in [1.165, 1.54) is 18.5 Å². The van der Waals surface area contributed by atoms with E-state index >= 15 is 0 Å². The number of hydrogen-bond donors (Lipinski definition) is 1. The van der Waals surface area contributed by atoms with Gasteiger partial charge in [0, 0.05) is 46.3 Å². The van der Waals surface area contributed by atoms with E-state index in [0.29, 0.717) is 6.61 Å². The second-order valence-electron chi connectivity index (χ2n) is 8.01. The van der Waals surface area contributed by atoms with E-state index in [4.69, 9.17) is 14.2 Å². The molecule has 2 aliphatic rings. The van der Waals surface area contributed by atoms with Crippen LogP contribution < -0.4 is 14.8 Å². The van der Waals surface area contributed by atoms with Gasteiger partial charge in [0.25, 0.3) is 0 Å². The largest absolute Gasteiger partial charge is 0.493 e. The number of aryl methyl sites for hydroxylation is 1. The van der Waals surface area contributed by atoms with Gasteiger partial charge in [-0.3, -0.25) is 9.89 Å². The molecular formula is C23H39IN4O3. The third-order valence-electron chi connectivity index (χ3n) is 5.87. The predicted molar refractivity (Wildman–Crippen MR) is 136 cm³/mol. The number of morpholine rings is 1. The quantitative estimate of drug-likeness (QED) is 0.223. The van der Waals surface area contributed by atoms with Crippen molar-refractivity contribution in [1.29, 1.82) is 0 Å². The summed E-state index contributed by atoms with van der Waals surface area (Å²) in [4.78, 5) is 9.47. The first kappa shape index (κ1) is 26.0. The Balaban J connectivity index is 0.00000341. The van der Waals surface area contributed by atoms with Gasteiger partial charge in [0.15, 0.2) is 17.5 Å². The molecule has 1 aromatic rings. The highest BCUT2D eigenvalue weighted by Crippen LogP contribution is 2.28. The molecule has 8 heteroatoms. The zero-order valence-corrected chi connectivity index (χ0v) is 21.6. The summed E-state index contributed by atoms with van der Waals surface area (Å²) in [5.74, 6) is 3.37. The number of nitrogens with one attached hydrogen (secondary N) is 1. The Bertz CT molecular complexity index is 683. The van der Waals surface area contributed by atoms with Crippen molar-refractivity contribution >= 4 is 29.9 Å². The lowest BCUT2D eigenvalue weighted by Gasteiger charge is -2.29. The van der Waals surface area contributed by atoms with Gasteiger partial charge in [-0.25, -0.2) is 0 Å². The van der Waals surface area contributed by atoms with E-state index in [0.717, 1.165) is 82.2 Å². The SMILES string of the molecule is CCOc1cc(CCCNC(=NC)N2CCC(CN3CCOCC3)C2)ccc1OC.I. The molecule has 0 saturated carbocycles. The van der Waals surface area contributed by atoms with Crippen LogP contribution in [0, 0.1) is 5.92 Å². The van der Waals surface area contributed by atoms with Crippen molar-refractivity contribution in [1.82, 2.24) is 15.1 Å². The number of benzene rings is 1. The van der Waals surface area contributed by atoms with Crippen molar-refractivity contribution in [2.45, 2.75) is 26.2 Å². The number of hydrogen-bond acceptors (Lipinski definition) is 5. The minimum Gasteiger partial charge on any atom is -0.493 e. The molecular weight excluding hydrogens is 507 g/mol. The topological polar surface area (TPSA) is 58.6 Å². The summed E-state index contributed by atoms with van der Waals surface area (Å²) in [5.41, 5.74) is 1.27. The molecule has 7 nitrogen and oxygen atoms in total. The number of nitrogens with zero attached hydrogens (tertiary/aromatic N) is 3. The number of guanidine groups is 1. The van der Waals surface area contributed by atoms with Crippen molar-refractivity contribution in [3.8, 4) is 11.5 Å². The van der Waals surface area contributed by atoms with Gasteiger partial charge in [-0.15, -0.1) is 24.0 Å². The van der Waals surface area contributed by atoms with Crippen LogP contribution in [-0.4, -0.2) is 89.0 Å². The lowest BCUT2D eigenvalue weighted by atomic mass is 10.1. The summed E-state index contributed by atoms with van der Waals surface area (Å²) >= 11 is 0. The van der Waals surface area contributed by atoms with Crippen LogP contribution in [0.15, 0.2) is 23.2 Å². The molecule has 1 N–H and O–H groups in total. The van der Waals surface area contributed by atoms with E-state index < -0.39 is 0 Å². The van der Waals surface area contributed by atoms with Crippen LogP contribution in [0.5, 0.6) is 11.5 Å². The van der Waals surface area contributed by atoms with Gasteiger partial charge < -0.3 is 24.4 Å². The molecule has 176 valence electrons. The van der Waals surface area contributed by atoms with E-state index in [-0.39, 0.29) is 24.0 Å². The lowest BCUT2D eigenvalue weighted by Crippen LogP contribution is -2.42. The molecule has 0 spiro atoms. The maximum Gasteiger partial charge on any atom is 0.193 e. The van der Waals surface area contributed by atoms with E-state index in [1.807, 2.05) is 20.0 Å². The zero-order valence-electron chi connectivity index (χ0n) is 19.3. The molecule has 31 heavy (non-hydrogen) atoms. The van der Waals surface area contributed by atoms with Crippen molar-refractivity contribution in [3.05, 3.63) is 23.8 Å². The van der Waals surface area contributed by atoms with Crippen LogP contribution in [0.3, 0.4) is 0 Å². The Morgan fingerprint density at radius 2 is 2.03 bits per heavy atom. The average molecular weight is 546 g/mol. The molecule has 0 aromatic heterocycles. The molecule has 2 fully saturated rings. The van der Waals surface area contributed by atoms with Crippen molar-refractivity contribution < 1.29 is 14.2 Å². The normalized spacial score (nSPS) is 19.8. The first-order chi connectivity index (χ1) is 14.7. The second-order valence-corrected chi connectivity index (χ2v) is 8.01. The monoisotopic (exact) mass is 546 g/mol. The molecule has 2 aliphatic heterocycles. The molecule has 1 aromatic carbocycles. The smallest absolute Gasteiger partial charge is 0.193 e. The Labute approximate surface area is 204 Å². The first-order valence-corrected chi connectivity index (χ1v) is 11.3. The summed E-state index contributed by atoms with van der Waals surface area (Å²) < 4.78 is 16.5. The summed E-state index contributed by atoms with van der Waals surface area (Å²) in [6.07, 6.45) is 3.28. The molecule has 0 amide bonds. The van der Waals surface area contributed by atoms with E-state index in [1.54, 1.807) is 7.11 Å². The number of methoxy groups -OCH3 is 1. The molecule has 1 atom stereocenters. The van der Waals surface area contributed by atoms with E-state index in [2.05, 4.69) is 32.2 Å². The van der Waals surface area contributed by atoms with Crippen molar-refractivity contribution in [2.75, 3.05) is 73.2 Å². The van der Waals surface area contributed by atoms with Gasteiger partial charge >= 0.3 is 0 Å². The maximum absolute atomic E-state index is 5.69. The van der Waals surface area contributed by atoms with Gasteiger partial charge in [0.1, 0.15) is 0 Å². The number of halogens is 1. The third-order valence-corrected chi connectivity index (χ3v) is 5.87. The second kappa shape index (κ2) is 14.0. The number of likely N-dealkylation sites (tertiary alicyclic amines) is 1. The van der Waals surface area contributed by atoms with Gasteiger partial charge in [0.2, 0.25) is 0 Å². The van der Waals surface area contributed by atoms with Gasteiger partial charge in [0.05, 0.1) is 26.9 Å². The third kappa shape index (κ3) is 7.98. The van der Waals surface area contributed by atoms with Gasteiger partial charge in [-0.1, -0.05) is 6.07 Å². The van der Waals surface area contributed by atoms with E-state index in [9.17, 15) is 0 Å². The minimum atomic E-state index is 0. The van der Waals surface area contributed by atoms with Crippen LogP contribution in [0.2, 0.25) is 0 Å². The summed E-state index contributed by atoms with van der Waals surface area (Å²) in [5, 5.41) is 3.55. The highest BCUT2D eigenvalue weighted by Gasteiger charge is 2.26.